The maximum atomic E-state index is 12.0. The number of hydrogen-bond donors (Lipinski definition) is 1. The van der Waals surface area contributed by atoms with E-state index >= 15 is 0 Å². The van der Waals surface area contributed by atoms with Gasteiger partial charge in [-0.05, 0) is 18.2 Å². The standard InChI is InChI=1S/C15H15BrN2O5S2/c16-9-2-1-3-10(6-9)18-11-7-25(22,23)8-12(11)24-15(18)17-13(19)4-5-14(20)21/h1-3,6,11-12H,4-5,7-8H2,(H,20,21)/t11-,12+/m0/s1. The van der Waals surface area contributed by atoms with Gasteiger partial charge in [-0.2, -0.15) is 4.99 Å². The number of aliphatic carboxylic acids is 1. The molecule has 2 atom stereocenters. The average molecular weight is 447 g/mol. The minimum atomic E-state index is -3.12. The van der Waals surface area contributed by atoms with Crippen molar-refractivity contribution in [3.8, 4) is 0 Å². The Kier molecular flexibility index (Phi) is 5.21. The summed E-state index contributed by atoms with van der Waals surface area (Å²) in [6, 6.07) is 7.06. The Morgan fingerprint density at radius 2 is 2.08 bits per heavy atom. The largest absolute Gasteiger partial charge is 0.481 e. The van der Waals surface area contributed by atoms with Gasteiger partial charge >= 0.3 is 5.97 Å². The van der Waals surface area contributed by atoms with E-state index in [1.165, 1.54) is 11.8 Å². The molecule has 3 rings (SSSR count). The summed E-state index contributed by atoms with van der Waals surface area (Å²) in [6.45, 7) is 0. The van der Waals surface area contributed by atoms with E-state index in [0.717, 1.165) is 10.2 Å². The molecule has 2 aliphatic rings. The molecular formula is C15H15BrN2O5S2. The number of carboxylic acids is 1. The van der Waals surface area contributed by atoms with E-state index < -0.39 is 21.7 Å². The third kappa shape index (κ3) is 4.24. The molecular weight excluding hydrogens is 432 g/mol. The smallest absolute Gasteiger partial charge is 0.303 e. The summed E-state index contributed by atoms with van der Waals surface area (Å²) in [5, 5.41) is 8.93. The Bertz CT molecular complexity index is 855. The maximum absolute atomic E-state index is 12.0. The van der Waals surface area contributed by atoms with Gasteiger partial charge < -0.3 is 10.0 Å². The van der Waals surface area contributed by atoms with Crippen LogP contribution in [0.1, 0.15) is 12.8 Å². The number of halogens is 1. The quantitative estimate of drug-likeness (QED) is 0.752. The third-order valence-electron chi connectivity index (χ3n) is 3.93. The molecule has 10 heteroatoms. The highest BCUT2D eigenvalue weighted by atomic mass is 79.9. The molecule has 134 valence electrons. The summed E-state index contributed by atoms with van der Waals surface area (Å²) in [7, 11) is -3.12. The van der Waals surface area contributed by atoms with Gasteiger partial charge in [0, 0.05) is 21.8 Å². The fraction of sp³-hybridized carbons (Fsp3) is 0.400. The number of carboxylic acid groups (broad SMARTS) is 1. The molecule has 2 aliphatic heterocycles. The number of thioether (sulfide) groups is 1. The second-order valence-corrected chi connectivity index (χ2v) is 10.1. The van der Waals surface area contributed by atoms with Crippen LogP contribution < -0.4 is 4.90 Å². The number of hydrogen-bond acceptors (Lipinski definition) is 5. The molecule has 2 fully saturated rings. The summed E-state index contributed by atoms with van der Waals surface area (Å²) in [5.41, 5.74) is 0.747. The second kappa shape index (κ2) is 7.08. The lowest BCUT2D eigenvalue weighted by Crippen LogP contribution is -2.37. The van der Waals surface area contributed by atoms with Crippen LogP contribution in [0.5, 0.6) is 0 Å². The number of carbonyl (C=O) groups is 2. The normalized spacial score (nSPS) is 26.0. The van der Waals surface area contributed by atoms with Crippen molar-refractivity contribution in [1.82, 2.24) is 0 Å². The van der Waals surface area contributed by atoms with Crippen molar-refractivity contribution in [2.24, 2.45) is 4.99 Å². The monoisotopic (exact) mass is 446 g/mol. The van der Waals surface area contributed by atoms with E-state index in [0.29, 0.717) is 5.17 Å². The lowest BCUT2D eigenvalue weighted by molar-refractivity contribution is -0.138. The number of amidine groups is 1. The number of fused-ring (bicyclic) bond motifs is 1. The van der Waals surface area contributed by atoms with Gasteiger partial charge in [0.1, 0.15) is 0 Å². The molecule has 0 saturated carbocycles. The van der Waals surface area contributed by atoms with Gasteiger partial charge in [0.15, 0.2) is 15.0 Å². The van der Waals surface area contributed by atoms with Crippen molar-refractivity contribution in [2.45, 2.75) is 24.1 Å². The number of nitrogens with zero attached hydrogens (tertiary/aromatic N) is 2. The Morgan fingerprint density at radius 3 is 2.76 bits per heavy atom. The molecule has 7 nitrogen and oxygen atoms in total. The molecule has 2 saturated heterocycles. The van der Waals surface area contributed by atoms with Crippen LogP contribution >= 0.6 is 27.7 Å². The minimum absolute atomic E-state index is 0.0134. The maximum Gasteiger partial charge on any atom is 0.303 e. The van der Waals surface area contributed by atoms with Gasteiger partial charge in [-0.1, -0.05) is 33.8 Å². The first-order valence-electron chi connectivity index (χ1n) is 7.50. The predicted molar refractivity (Wildman–Crippen MR) is 99.8 cm³/mol. The van der Waals surface area contributed by atoms with Crippen molar-refractivity contribution in [2.75, 3.05) is 16.4 Å². The molecule has 0 aliphatic carbocycles. The van der Waals surface area contributed by atoms with E-state index in [1.54, 1.807) is 4.90 Å². The van der Waals surface area contributed by atoms with Gasteiger partial charge in [-0.25, -0.2) is 8.42 Å². The van der Waals surface area contributed by atoms with Crippen molar-refractivity contribution >= 4 is 60.3 Å². The number of sulfone groups is 1. The molecule has 1 amide bonds. The van der Waals surface area contributed by atoms with E-state index in [9.17, 15) is 18.0 Å². The lowest BCUT2D eigenvalue weighted by Gasteiger charge is -2.24. The number of amides is 1. The molecule has 1 N–H and O–H groups in total. The van der Waals surface area contributed by atoms with Crippen LogP contribution in [0.2, 0.25) is 0 Å². The zero-order chi connectivity index (χ0) is 18.2. The van der Waals surface area contributed by atoms with E-state index in [1.807, 2.05) is 24.3 Å². The molecule has 25 heavy (non-hydrogen) atoms. The van der Waals surface area contributed by atoms with Crippen LogP contribution in [0, 0.1) is 0 Å². The van der Waals surface area contributed by atoms with Crippen LogP contribution in [0.4, 0.5) is 5.69 Å². The van der Waals surface area contributed by atoms with Crippen molar-refractivity contribution in [1.29, 1.82) is 0 Å². The van der Waals surface area contributed by atoms with Crippen LogP contribution in [0.15, 0.2) is 33.7 Å². The summed E-state index contributed by atoms with van der Waals surface area (Å²) >= 11 is 4.66. The minimum Gasteiger partial charge on any atom is -0.481 e. The van der Waals surface area contributed by atoms with Crippen molar-refractivity contribution in [3.05, 3.63) is 28.7 Å². The van der Waals surface area contributed by atoms with E-state index in [4.69, 9.17) is 5.11 Å². The summed E-state index contributed by atoms with van der Waals surface area (Å²) < 4.78 is 24.8. The van der Waals surface area contributed by atoms with E-state index in [-0.39, 0.29) is 35.6 Å². The zero-order valence-corrected chi connectivity index (χ0v) is 16.2. The van der Waals surface area contributed by atoms with Gasteiger partial charge in [-0.3, -0.25) is 9.59 Å². The predicted octanol–water partition coefficient (Wildman–Crippen LogP) is 1.92. The molecule has 0 unspecified atom stereocenters. The molecule has 0 aromatic heterocycles. The molecule has 0 spiro atoms. The number of carbonyl (C=O) groups excluding carboxylic acids is 1. The number of rotatable bonds is 4. The molecule has 0 radical (unpaired) electrons. The Balaban J connectivity index is 1.92. The lowest BCUT2D eigenvalue weighted by atomic mass is 10.2. The summed E-state index contributed by atoms with van der Waals surface area (Å²) in [4.78, 5) is 28.4. The first-order chi connectivity index (χ1) is 11.7. The highest BCUT2D eigenvalue weighted by molar-refractivity contribution is 9.10. The highest BCUT2D eigenvalue weighted by Gasteiger charge is 2.49. The zero-order valence-electron chi connectivity index (χ0n) is 13.0. The van der Waals surface area contributed by atoms with Crippen LogP contribution in [0.3, 0.4) is 0 Å². The Labute approximate surface area is 157 Å². The van der Waals surface area contributed by atoms with Crippen molar-refractivity contribution in [3.63, 3.8) is 0 Å². The first kappa shape index (κ1) is 18.4. The first-order valence-corrected chi connectivity index (χ1v) is 11.0. The summed E-state index contributed by atoms with van der Waals surface area (Å²) in [6.07, 6.45) is -0.461. The Morgan fingerprint density at radius 1 is 1.32 bits per heavy atom. The second-order valence-electron chi connectivity index (χ2n) is 5.83. The van der Waals surface area contributed by atoms with Crippen LogP contribution in [0.25, 0.3) is 0 Å². The van der Waals surface area contributed by atoms with Gasteiger partial charge in [0.25, 0.3) is 0 Å². The van der Waals surface area contributed by atoms with E-state index in [2.05, 4.69) is 20.9 Å². The topological polar surface area (TPSA) is 104 Å². The number of anilines is 1. The van der Waals surface area contributed by atoms with Gasteiger partial charge in [0.05, 0.1) is 24.0 Å². The van der Waals surface area contributed by atoms with Crippen LogP contribution in [-0.2, 0) is 19.4 Å². The highest BCUT2D eigenvalue weighted by Crippen LogP contribution is 2.41. The molecule has 2 heterocycles. The molecule has 0 bridgehead atoms. The summed E-state index contributed by atoms with van der Waals surface area (Å²) in [5.74, 6) is -1.51. The third-order valence-corrected chi connectivity index (χ3v) is 7.63. The Hall–Kier alpha value is -1.39. The number of benzene rings is 1. The SMILES string of the molecule is O=C(O)CCC(=O)N=C1S[C@@H]2CS(=O)(=O)C[C@@H]2N1c1cccc(Br)c1. The van der Waals surface area contributed by atoms with Crippen molar-refractivity contribution < 1.29 is 23.1 Å². The van der Waals surface area contributed by atoms with Gasteiger partial charge in [-0.15, -0.1) is 0 Å². The number of aliphatic imine (C=N–C) groups is 1. The fourth-order valence-corrected chi connectivity index (χ4v) is 7.19. The van der Waals surface area contributed by atoms with Gasteiger partial charge in [0.2, 0.25) is 5.91 Å². The fourth-order valence-electron chi connectivity index (χ4n) is 2.87. The average Bonchev–Trinajstić information content (AvgIpc) is 2.96. The molecule has 1 aromatic rings. The van der Waals surface area contributed by atoms with Crippen LogP contribution in [-0.4, -0.2) is 53.4 Å². The molecule has 1 aromatic carbocycles.